The zero-order valence-corrected chi connectivity index (χ0v) is 3.93. The van der Waals surface area contributed by atoms with E-state index in [0.717, 1.165) is 0 Å². The quantitative estimate of drug-likeness (QED) is 0.494. The summed E-state index contributed by atoms with van der Waals surface area (Å²) in [6, 6.07) is 0. The van der Waals surface area contributed by atoms with Crippen molar-refractivity contribution in [3.63, 3.8) is 0 Å². The minimum absolute atomic E-state index is 0.245. The third-order valence-electron chi connectivity index (χ3n) is 0.576. The maximum Gasteiger partial charge on any atom is 0.139 e. The Morgan fingerprint density at radius 2 is 2.33 bits per heavy atom. The molecule has 0 heterocycles. The Kier molecular flexibility index (Phi) is 2.58. The van der Waals surface area contributed by atoms with Crippen LogP contribution in [0.25, 0.3) is 0 Å². The van der Waals surface area contributed by atoms with Gasteiger partial charge in [-0.25, -0.2) is 0 Å². The Hall–Kier alpha value is -0.440. The molecule has 0 aromatic heterocycles. The molecule has 0 spiro atoms. The van der Waals surface area contributed by atoms with E-state index in [9.17, 15) is 4.91 Å². The van der Waals surface area contributed by atoms with Crippen LogP contribution >= 0.6 is 0 Å². The molecule has 0 saturated carbocycles. The third-order valence-corrected chi connectivity index (χ3v) is 0.576. The largest absolute Gasteiger partial charge is 0.296 e. The Balaban J connectivity index is 2.96. The van der Waals surface area contributed by atoms with E-state index < -0.39 is 0 Å². The van der Waals surface area contributed by atoms with Gasteiger partial charge in [0.25, 0.3) is 0 Å². The molecule has 3 nitrogen and oxygen atoms in total. The van der Waals surface area contributed by atoms with Crippen molar-refractivity contribution >= 4 is 0 Å². The van der Waals surface area contributed by atoms with Crippen LogP contribution in [0, 0.1) is 4.91 Å². The van der Waals surface area contributed by atoms with Gasteiger partial charge in [0, 0.05) is 0 Å². The second kappa shape index (κ2) is 2.78. The summed E-state index contributed by atoms with van der Waals surface area (Å²) >= 11 is 0. The lowest BCUT2D eigenvalue weighted by atomic mass is 10.6. The van der Waals surface area contributed by atoms with Crippen molar-refractivity contribution < 1.29 is 0 Å². The van der Waals surface area contributed by atoms with Gasteiger partial charge in [-0.3, -0.25) is 5.32 Å². The molecule has 1 N–H and O–H groups in total. The smallest absolute Gasteiger partial charge is 0.139 e. The van der Waals surface area contributed by atoms with Gasteiger partial charge in [0.05, 0.1) is 0 Å². The SMILES string of the molecule is CNC(C)N=O. The number of hydrogen-bond acceptors (Lipinski definition) is 3. The average molecular weight is 88.1 g/mol. The van der Waals surface area contributed by atoms with Crippen molar-refractivity contribution in [1.29, 1.82) is 0 Å². The van der Waals surface area contributed by atoms with Gasteiger partial charge in [0.2, 0.25) is 0 Å². The Bertz CT molecular complexity index is 46.1. The highest BCUT2D eigenvalue weighted by atomic mass is 16.3. The van der Waals surface area contributed by atoms with Crippen LogP contribution in [0.2, 0.25) is 0 Å². The first kappa shape index (κ1) is 5.56. The van der Waals surface area contributed by atoms with Crippen LogP contribution in [-0.4, -0.2) is 13.2 Å². The fourth-order valence-electron chi connectivity index (χ4n) is 0.0527. The first-order valence-corrected chi connectivity index (χ1v) is 1.81. The molecule has 0 radical (unpaired) electrons. The molecular weight excluding hydrogens is 80.0 g/mol. The van der Waals surface area contributed by atoms with E-state index in [1.165, 1.54) is 0 Å². The summed E-state index contributed by atoms with van der Waals surface area (Å²) < 4.78 is 0. The number of nitrogens with zero attached hydrogens (tertiary/aromatic N) is 1. The summed E-state index contributed by atoms with van der Waals surface area (Å²) in [4.78, 5) is 9.42. The van der Waals surface area contributed by atoms with Gasteiger partial charge >= 0.3 is 0 Å². The lowest BCUT2D eigenvalue weighted by molar-refractivity contribution is 0.636. The van der Waals surface area contributed by atoms with Crippen molar-refractivity contribution in [2.24, 2.45) is 5.18 Å². The number of nitrogens with one attached hydrogen (secondary N) is 1. The van der Waals surface area contributed by atoms with E-state index in [-0.39, 0.29) is 6.17 Å². The van der Waals surface area contributed by atoms with Gasteiger partial charge in [0.15, 0.2) is 0 Å². The van der Waals surface area contributed by atoms with Crippen molar-refractivity contribution in [2.45, 2.75) is 13.1 Å². The first-order valence-electron chi connectivity index (χ1n) is 1.81. The zero-order chi connectivity index (χ0) is 4.99. The van der Waals surface area contributed by atoms with Gasteiger partial charge in [-0.05, 0) is 14.0 Å². The van der Waals surface area contributed by atoms with Crippen LogP contribution in [-0.2, 0) is 0 Å². The van der Waals surface area contributed by atoms with Gasteiger partial charge in [-0.2, -0.15) is 0 Å². The number of nitroso groups, excluding NO2 is 1. The van der Waals surface area contributed by atoms with Crippen molar-refractivity contribution in [3.05, 3.63) is 4.91 Å². The summed E-state index contributed by atoms with van der Waals surface area (Å²) in [5.41, 5.74) is 0. The predicted molar refractivity (Wildman–Crippen MR) is 24.3 cm³/mol. The standard InChI is InChI=1S/C3H8N2O/c1-3(4-2)5-6/h3-4H,1-2H3. The van der Waals surface area contributed by atoms with Gasteiger partial charge in [-0.15, -0.1) is 4.91 Å². The predicted octanol–water partition coefficient (Wildman–Crippen LogP) is 0.318. The fraction of sp³-hybridized carbons (Fsp3) is 1.00. The highest BCUT2D eigenvalue weighted by Gasteiger charge is 1.87. The second-order valence-corrected chi connectivity index (χ2v) is 1.07. The topological polar surface area (TPSA) is 41.5 Å². The summed E-state index contributed by atoms with van der Waals surface area (Å²) in [5.74, 6) is 0. The van der Waals surface area contributed by atoms with Gasteiger partial charge in [0.1, 0.15) is 6.17 Å². The average Bonchev–Trinajstić information content (AvgIpc) is 1.65. The first-order chi connectivity index (χ1) is 2.81. The molecule has 0 aliphatic rings. The maximum absolute atomic E-state index is 9.42. The van der Waals surface area contributed by atoms with E-state index in [4.69, 9.17) is 0 Å². The van der Waals surface area contributed by atoms with E-state index in [1.807, 2.05) is 0 Å². The lowest BCUT2D eigenvalue weighted by Crippen LogP contribution is -2.16. The summed E-state index contributed by atoms with van der Waals surface area (Å²) in [7, 11) is 1.69. The minimum atomic E-state index is -0.245. The molecule has 0 fully saturated rings. The van der Waals surface area contributed by atoms with Crippen molar-refractivity contribution in [3.8, 4) is 0 Å². The van der Waals surface area contributed by atoms with E-state index in [1.54, 1.807) is 14.0 Å². The zero-order valence-electron chi connectivity index (χ0n) is 3.93. The van der Waals surface area contributed by atoms with Crippen LogP contribution in [0.4, 0.5) is 0 Å². The highest BCUT2D eigenvalue weighted by Crippen LogP contribution is 1.74. The Labute approximate surface area is 36.7 Å². The summed E-state index contributed by atoms with van der Waals surface area (Å²) in [6.45, 7) is 1.69. The molecule has 3 heteroatoms. The lowest BCUT2D eigenvalue weighted by Gasteiger charge is -1.92. The number of hydrogen-bond donors (Lipinski definition) is 1. The van der Waals surface area contributed by atoms with Crippen LogP contribution in [0.3, 0.4) is 0 Å². The van der Waals surface area contributed by atoms with Crippen LogP contribution in [0.5, 0.6) is 0 Å². The fourth-order valence-corrected chi connectivity index (χ4v) is 0.0527. The summed E-state index contributed by atoms with van der Waals surface area (Å²) in [6.07, 6.45) is -0.245. The monoisotopic (exact) mass is 88.1 g/mol. The van der Waals surface area contributed by atoms with Crippen LogP contribution in [0.15, 0.2) is 5.18 Å². The van der Waals surface area contributed by atoms with Crippen LogP contribution in [0.1, 0.15) is 6.92 Å². The molecule has 1 unspecified atom stereocenters. The van der Waals surface area contributed by atoms with Gasteiger partial charge in [-0.1, -0.05) is 5.18 Å². The minimum Gasteiger partial charge on any atom is -0.296 e. The Morgan fingerprint density at radius 3 is 2.33 bits per heavy atom. The molecule has 0 aliphatic heterocycles. The van der Waals surface area contributed by atoms with E-state index in [0.29, 0.717) is 0 Å². The summed E-state index contributed by atoms with van der Waals surface area (Å²) in [5, 5.41) is 5.28. The van der Waals surface area contributed by atoms with Crippen LogP contribution < -0.4 is 5.32 Å². The molecule has 1 atom stereocenters. The molecule has 0 aliphatic carbocycles. The molecular formula is C3H8N2O. The molecule has 0 amide bonds. The molecule has 0 rings (SSSR count). The van der Waals surface area contributed by atoms with Crippen molar-refractivity contribution in [1.82, 2.24) is 5.32 Å². The molecule has 0 saturated heterocycles. The highest BCUT2D eigenvalue weighted by molar-refractivity contribution is 4.46. The molecule has 0 aromatic carbocycles. The number of rotatable bonds is 2. The molecule has 36 valence electrons. The normalized spacial score (nSPS) is 13.7. The molecule has 0 bridgehead atoms. The van der Waals surface area contributed by atoms with E-state index >= 15 is 0 Å². The second-order valence-electron chi connectivity index (χ2n) is 1.07. The van der Waals surface area contributed by atoms with Gasteiger partial charge < -0.3 is 0 Å². The third kappa shape index (κ3) is 1.84. The Morgan fingerprint density at radius 1 is 1.83 bits per heavy atom. The van der Waals surface area contributed by atoms with E-state index in [2.05, 4.69) is 10.5 Å². The van der Waals surface area contributed by atoms with Crippen molar-refractivity contribution in [2.75, 3.05) is 7.05 Å². The maximum atomic E-state index is 9.42. The molecule has 6 heavy (non-hydrogen) atoms. The molecule has 0 aromatic rings.